The molecule has 0 aromatic carbocycles. The summed E-state index contributed by atoms with van der Waals surface area (Å²) in [5.74, 6) is 0. The van der Waals surface area contributed by atoms with Gasteiger partial charge in [0.2, 0.25) is 0 Å². The molecule has 0 nitrogen and oxygen atoms in total. The summed E-state index contributed by atoms with van der Waals surface area (Å²) in [6, 6.07) is 0. The second kappa shape index (κ2) is 5.95. The van der Waals surface area contributed by atoms with E-state index in [1.54, 1.807) is 11.1 Å². The molecule has 84 valence electrons. The van der Waals surface area contributed by atoms with E-state index >= 15 is 0 Å². The van der Waals surface area contributed by atoms with Crippen molar-refractivity contribution in [1.82, 2.24) is 0 Å². The number of unbranched alkanes of at least 4 members (excludes halogenated alkanes) is 1. The van der Waals surface area contributed by atoms with Crippen molar-refractivity contribution in [3.05, 3.63) is 42.1 Å². The van der Waals surface area contributed by atoms with Gasteiger partial charge in [0, 0.05) is 0 Å². The molecule has 2 aliphatic rings. The van der Waals surface area contributed by atoms with Gasteiger partial charge in [-0.15, -0.1) is 0 Å². The molecule has 2 rings (SSSR count). The average Bonchev–Trinajstić information content (AvgIpc) is 2.87. The monoisotopic (exact) mass is 380 g/mol. The van der Waals surface area contributed by atoms with Crippen molar-refractivity contribution in [1.29, 1.82) is 0 Å². The third-order valence-electron chi connectivity index (χ3n) is 3.30. The first-order valence-corrected chi connectivity index (χ1v) is 9.92. The summed E-state index contributed by atoms with van der Waals surface area (Å²) in [4.78, 5) is 0. The molecule has 0 radical (unpaired) electrons. The van der Waals surface area contributed by atoms with Gasteiger partial charge in [0.05, 0.1) is 0 Å². The Morgan fingerprint density at radius 2 is 1.88 bits per heavy atom. The predicted molar refractivity (Wildman–Crippen MR) is 66.8 cm³/mol. The van der Waals surface area contributed by atoms with Crippen LogP contribution >= 0.6 is 0 Å². The van der Waals surface area contributed by atoms with Gasteiger partial charge in [0.25, 0.3) is 0 Å². The summed E-state index contributed by atoms with van der Waals surface area (Å²) in [5, 5.41) is 0. The van der Waals surface area contributed by atoms with Crippen molar-refractivity contribution < 1.29 is 22.9 Å². The fourth-order valence-corrected chi connectivity index (χ4v) is 7.45. The van der Waals surface area contributed by atoms with Gasteiger partial charge in [-0.25, -0.2) is 0 Å². The summed E-state index contributed by atoms with van der Waals surface area (Å²) in [7, 11) is 0. The van der Waals surface area contributed by atoms with Crippen LogP contribution in [0.1, 0.15) is 46.0 Å². The van der Waals surface area contributed by atoms with Gasteiger partial charge in [0.1, 0.15) is 0 Å². The Balaban J connectivity index is 2.01. The zero-order valence-corrected chi connectivity index (χ0v) is 13.9. The zero-order chi connectivity index (χ0) is 11.4. The van der Waals surface area contributed by atoms with Gasteiger partial charge in [-0.3, -0.25) is 0 Å². The molecule has 0 bridgehead atoms. The van der Waals surface area contributed by atoms with Crippen LogP contribution in [-0.4, -0.2) is 0 Å². The fourth-order valence-electron chi connectivity index (χ4n) is 2.23. The summed E-state index contributed by atoms with van der Waals surface area (Å²) >= 11 is -0.659. The molecule has 0 amide bonds. The molecule has 2 aliphatic carbocycles. The van der Waals surface area contributed by atoms with E-state index in [9.17, 15) is 0 Å². The molecule has 0 aliphatic heterocycles. The molecule has 1 heteroatoms. The zero-order valence-electron chi connectivity index (χ0n) is 10.3. The van der Waals surface area contributed by atoms with E-state index in [-0.39, 0.29) is 0 Å². The average molecular weight is 379 g/mol. The summed E-state index contributed by atoms with van der Waals surface area (Å²) < 4.78 is 3.69. The Hall–Kier alpha value is -0.170. The maximum absolute atomic E-state index is 2.40. The molecule has 0 fully saturated rings. The summed E-state index contributed by atoms with van der Waals surface area (Å²) in [6.45, 7) is 4.58. The van der Waals surface area contributed by atoms with Crippen LogP contribution < -0.4 is 0 Å². The van der Waals surface area contributed by atoms with E-state index in [2.05, 4.69) is 38.2 Å². The van der Waals surface area contributed by atoms with Crippen LogP contribution in [-0.2, 0) is 22.9 Å². The molecule has 16 heavy (non-hydrogen) atoms. The fraction of sp³-hybridized carbons (Fsp3) is 0.467. The van der Waals surface area contributed by atoms with E-state index in [4.69, 9.17) is 0 Å². The van der Waals surface area contributed by atoms with Gasteiger partial charge in [0.15, 0.2) is 0 Å². The normalized spacial score (nSPS) is 19.1. The second-order valence-corrected chi connectivity index (χ2v) is 9.84. The van der Waals surface area contributed by atoms with E-state index < -0.39 is 22.9 Å². The van der Waals surface area contributed by atoms with Crippen LogP contribution in [0.4, 0.5) is 0 Å². The molecule has 0 atom stereocenters. The molecule has 0 saturated carbocycles. The van der Waals surface area contributed by atoms with Crippen molar-refractivity contribution in [3.63, 3.8) is 0 Å². The first kappa shape index (κ1) is 12.3. The minimum absolute atomic E-state index is 0.659. The van der Waals surface area contributed by atoms with Gasteiger partial charge in [-0.05, 0) is 0 Å². The number of hydrogen-bond donors (Lipinski definition) is 0. The Morgan fingerprint density at radius 3 is 2.56 bits per heavy atom. The summed E-state index contributed by atoms with van der Waals surface area (Å²) in [5.41, 5.74) is 3.29. The Labute approximate surface area is 111 Å². The van der Waals surface area contributed by atoms with Crippen LogP contribution in [0.5, 0.6) is 0 Å². The molecule has 0 unspecified atom stereocenters. The second-order valence-electron chi connectivity index (χ2n) is 4.61. The van der Waals surface area contributed by atoms with Gasteiger partial charge in [-0.1, -0.05) is 0 Å². The molecule has 0 spiro atoms. The molecular formula is C15H20Hf. The van der Waals surface area contributed by atoms with Crippen LogP contribution in [0, 0.1) is 0 Å². The quantitative estimate of drug-likeness (QED) is 0.608. The van der Waals surface area contributed by atoms with Crippen molar-refractivity contribution in [3.8, 4) is 0 Å². The number of rotatable bonds is 5. The van der Waals surface area contributed by atoms with E-state index in [1.165, 1.54) is 32.1 Å². The first-order chi connectivity index (χ1) is 7.81. The number of hydrogen-bond acceptors (Lipinski definition) is 0. The number of allylic oxidation sites excluding steroid dienone is 8. The Kier molecular flexibility index (Phi) is 4.57. The molecule has 0 aromatic heterocycles. The van der Waals surface area contributed by atoms with E-state index in [1.807, 2.05) is 6.66 Å². The van der Waals surface area contributed by atoms with Crippen LogP contribution in [0.15, 0.2) is 42.1 Å². The van der Waals surface area contributed by atoms with Crippen LogP contribution in [0.2, 0.25) is 0 Å². The van der Waals surface area contributed by atoms with Gasteiger partial charge >= 0.3 is 111 Å². The van der Waals surface area contributed by atoms with Gasteiger partial charge in [-0.2, -0.15) is 0 Å². The van der Waals surface area contributed by atoms with Crippen molar-refractivity contribution >= 4 is 0 Å². The van der Waals surface area contributed by atoms with Crippen molar-refractivity contribution in [2.24, 2.45) is 0 Å². The van der Waals surface area contributed by atoms with E-state index in [0.717, 1.165) is 0 Å². The Morgan fingerprint density at radius 1 is 1.12 bits per heavy atom. The van der Waals surface area contributed by atoms with Crippen LogP contribution in [0.3, 0.4) is 0 Å². The standard InChI is InChI=1S/C9H13.C6H7.Hf/c1-2-3-6-9-7-4-5-8-9;1-6-4-2-3-5-6;/h4,7H,2-3,5-6H2,1H3;2,4H,3H2,1H3;. The molecule has 0 N–H and O–H groups in total. The third kappa shape index (κ3) is 2.94. The predicted octanol–water partition coefficient (Wildman–Crippen LogP) is 4.71. The molecule has 0 aromatic rings. The first-order valence-electron chi connectivity index (χ1n) is 6.33. The summed E-state index contributed by atoms with van der Waals surface area (Å²) in [6.07, 6.45) is 16.0. The minimum atomic E-state index is -0.659. The molecular weight excluding hydrogens is 359 g/mol. The molecule has 0 saturated heterocycles. The Bertz CT molecular complexity index is 380. The molecule has 0 heterocycles. The SMILES string of the molecule is CCCCC1=[C]([Hf][C]2=C(C)C=CC2)CC=C1. The van der Waals surface area contributed by atoms with Crippen molar-refractivity contribution in [2.45, 2.75) is 46.0 Å². The van der Waals surface area contributed by atoms with Crippen LogP contribution in [0.25, 0.3) is 0 Å². The van der Waals surface area contributed by atoms with E-state index in [0.29, 0.717) is 0 Å². The topological polar surface area (TPSA) is 0 Å². The third-order valence-corrected chi connectivity index (χ3v) is 9.50. The van der Waals surface area contributed by atoms with Crippen molar-refractivity contribution in [2.75, 3.05) is 0 Å². The van der Waals surface area contributed by atoms with Gasteiger partial charge < -0.3 is 0 Å². The maximum atomic E-state index is 2.40.